The Morgan fingerprint density at radius 2 is 2.10 bits per heavy atom. The van der Waals surface area contributed by atoms with E-state index in [-0.39, 0.29) is 18.1 Å². The van der Waals surface area contributed by atoms with Crippen LogP contribution in [0.5, 0.6) is 0 Å². The lowest BCUT2D eigenvalue weighted by molar-refractivity contribution is -0.00861. The topological polar surface area (TPSA) is 77.2 Å². The van der Waals surface area contributed by atoms with E-state index >= 15 is 0 Å². The fraction of sp³-hybridized carbons (Fsp3) is 0.375. The van der Waals surface area contributed by atoms with Crippen molar-refractivity contribution in [3.05, 3.63) is 36.0 Å². The summed E-state index contributed by atoms with van der Waals surface area (Å²) < 4.78 is 5.50. The summed E-state index contributed by atoms with van der Waals surface area (Å²) in [7, 11) is 0. The zero-order chi connectivity index (χ0) is 14.8. The van der Waals surface area contributed by atoms with Crippen LogP contribution in [0.3, 0.4) is 0 Å². The minimum atomic E-state index is -0.0985. The van der Waals surface area contributed by atoms with Gasteiger partial charge < -0.3 is 15.8 Å². The first-order valence-electron chi connectivity index (χ1n) is 7.24. The summed E-state index contributed by atoms with van der Waals surface area (Å²) >= 11 is 0. The molecule has 3 rings (SSSR count). The summed E-state index contributed by atoms with van der Waals surface area (Å²) in [6.07, 6.45) is 3.58. The number of aromatic nitrogens is 1. The highest BCUT2D eigenvalue weighted by Gasteiger charge is 2.31. The second-order valence-corrected chi connectivity index (χ2v) is 5.32. The molecule has 1 fully saturated rings. The SMILES string of the molecule is CCOC1CC(NC(=O)c2cnc(N)c3ccccc23)C1. The molecule has 1 aromatic carbocycles. The number of benzene rings is 1. The number of nitrogens with zero attached hydrogens (tertiary/aromatic N) is 1. The normalized spacial score (nSPS) is 21.0. The molecule has 1 aliphatic carbocycles. The van der Waals surface area contributed by atoms with Gasteiger partial charge >= 0.3 is 0 Å². The fourth-order valence-electron chi connectivity index (χ4n) is 2.71. The van der Waals surface area contributed by atoms with E-state index in [1.807, 2.05) is 31.2 Å². The third-order valence-electron chi connectivity index (χ3n) is 3.90. The van der Waals surface area contributed by atoms with Crippen LogP contribution in [0.1, 0.15) is 30.1 Å². The van der Waals surface area contributed by atoms with E-state index in [9.17, 15) is 4.79 Å². The minimum absolute atomic E-state index is 0.0985. The molecule has 0 unspecified atom stereocenters. The molecule has 0 bridgehead atoms. The Labute approximate surface area is 123 Å². The van der Waals surface area contributed by atoms with E-state index in [2.05, 4.69) is 10.3 Å². The quantitative estimate of drug-likeness (QED) is 0.902. The van der Waals surface area contributed by atoms with Crippen LogP contribution in [0.15, 0.2) is 30.5 Å². The maximum Gasteiger partial charge on any atom is 0.253 e. The average molecular weight is 285 g/mol. The number of carbonyl (C=O) groups is 1. The number of hydrogen-bond acceptors (Lipinski definition) is 4. The molecule has 110 valence electrons. The fourth-order valence-corrected chi connectivity index (χ4v) is 2.71. The number of nitrogen functional groups attached to an aromatic ring is 1. The van der Waals surface area contributed by atoms with Crippen molar-refractivity contribution in [1.82, 2.24) is 10.3 Å². The molecule has 1 aromatic heterocycles. The van der Waals surface area contributed by atoms with Gasteiger partial charge in [0.15, 0.2) is 0 Å². The van der Waals surface area contributed by atoms with Gasteiger partial charge in [-0.05, 0) is 25.2 Å². The van der Waals surface area contributed by atoms with Crippen LogP contribution in [0.2, 0.25) is 0 Å². The number of nitrogens with one attached hydrogen (secondary N) is 1. The zero-order valence-electron chi connectivity index (χ0n) is 12.0. The lowest BCUT2D eigenvalue weighted by Crippen LogP contribution is -2.47. The average Bonchev–Trinajstić information content (AvgIpc) is 2.45. The smallest absolute Gasteiger partial charge is 0.253 e. The van der Waals surface area contributed by atoms with Gasteiger partial charge in [0.05, 0.1) is 11.7 Å². The highest BCUT2D eigenvalue weighted by atomic mass is 16.5. The number of ether oxygens (including phenoxy) is 1. The Balaban J connectivity index is 1.75. The predicted octanol–water partition coefficient (Wildman–Crippen LogP) is 2.11. The molecular formula is C16H19N3O2. The second-order valence-electron chi connectivity index (χ2n) is 5.32. The lowest BCUT2D eigenvalue weighted by Gasteiger charge is -2.35. The third-order valence-corrected chi connectivity index (χ3v) is 3.90. The molecule has 1 amide bonds. The van der Waals surface area contributed by atoms with Crippen LogP contribution in [0, 0.1) is 0 Å². The Morgan fingerprint density at radius 3 is 2.81 bits per heavy atom. The molecular weight excluding hydrogens is 266 g/mol. The van der Waals surface area contributed by atoms with Gasteiger partial charge in [-0.3, -0.25) is 4.79 Å². The number of carbonyl (C=O) groups excluding carboxylic acids is 1. The molecule has 5 heteroatoms. The molecule has 1 heterocycles. The number of hydrogen-bond donors (Lipinski definition) is 2. The Kier molecular flexibility index (Phi) is 3.75. The molecule has 1 saturated carbocycles. The van der Waals surface area contributed by atoms with Gasteiger partial charge in [-0.15, -0.1) is 0 Å². The highest BCUT2D eigenvalue weighted by Crippen LogP contribution is 2.25. The molecule has 1 aliphatic rings. The van der Waals surface area contributed by atoms with Crippen molar-refractivity contribution in [2.75, 3.05) is 12.3 Å². The van der Waals surface area contributed by atoms with Crippen LogP contribution in [0.4, 0.5) is 5.82 Å². The van der Waals surface area contributed by atoms with Crippen molar-refractivity contribution in [1.29, 1.82) is 0 Å². The van der Waals surface area contributed by atoms with E-state index in [1.165, 1.54) is 0 Å². The third kappa shape index (κ3) is 2.69. The van der Waals surface area contributed by atoms with E-state index in [4.69, 9.17) is 10.5 Å². The Hall–Kier alpha value is -2.14. The monoisotopic (exact) mass is 285 g/mol. The Bertz CT molecular complexity index is 666. The van der Waals surface area contributed by atoms with E-state index in [0.717, 1.165) is 30.2 Å². The molecule has 21 heavy (non-hydrogen) atoms. The van der Waals surface area contributed by atoms with E-state index in [1.54, 1.807) is 6.20 Å². The van der Waals surface area contributed by atoms with Crippen molar-refractivity contribution >= 4 is 22.5 Å². The highest BCUT2D eigenvalue weighted by molar-refractivity contribution is 6.09. The number of anilines is 1. The van der Waals surface area contributed by atoms with Gasteiger partial charge in [-0.25, -0.2) is 4.98 Å². The van der Waals surface area contributed by atoms with Gasteiger partial charge in [-0.1, -0.05) is 24.3 Å². The number of fused-ring (bicyclic) bond motifs is 1. The van der Waals surface area contributed by atoms with Crippen molar-refractivity contribution in [3.63, 3.8) is 0 Å². The number of pyridine rings is 1. The van der Waals surface area contributed by atoms with Gasteiger partial charge in [0.2, 0.25) is 0 Å². The first kappa shape index (κ1) is 13.8. The predicted molar refractivity (Wildman–Crippen MR) is 82.1 cm³/mol. The number of amides is 1. The molecule has 5 nitrogen and oxygen atoms in total. The van der Waals surface area contributed by atoms with Crippen LogP contribution in [-0.2, 0) is 4.74 Å². The van der Waals surface area contributed by atoms with Crippen molar-refractivity contribution in [2.45, 2.75) is 31.9 Å². The van der Waals surface area contributed by atoms with E-state index < -0.39 is 0 Å². The second kappa shape index (κ2) is 5.69. The molecule has 2 aromatic rings. The minimum Gasteiger partial charge on any atom is -0.383 e. The zero-order valence-corrected chi connectivity index (χ0v) is 12.0. The Morgan fingerprint density at radius 1 is 1.38 bits per heavy atom. The number of nitrogens with two attached hydrogens (primary N) is 1. The van der Waals surface area contributed by atoms with Gasteiger partial charge in [-0.2, -0.15) is 0 Å². The van der Waals surface area contributed by atoms with E-state index in [0.29, 0.717) is 11.4 Å². The van der Waals surface area contributed by atoms with Crippen LogP contribution in [0.25, 0.3) is 10.8 Å². The summed E-state index contributed by atoms with van der Waals surface area (Å²) in [5, 5.41) is 4.68. The standard InChI is InChI=1S/C16H19N3O2/c1-2-21-11-7-10(8-11)19-16(20)14-9-18-15(17)13-6-4-3-5-12(13)14/h3-6,9-11H,2,7-8H2,1H3,(H2,17,18)(H,19,20). The first-order valence-corrected chi connectivity index (χ1v) is 7.24. The maximum absolute atomic E-state index is 12.4. The summed E-state index contributed by atoms with van der Waals surface area (Å²) in [5.74, 6) is 0.348. The lowest BCUT2D eigenvalue weighted by atomic mass is 9.89. The summed E-state index contributed by atoms with van der Waals surface area (Å²) in [6.45, 7) is 2.70. The first-order chi connectivity index (χ1) is 10.2. The van der Waals surface area contributed by atoms with Gasteiger partial charge in [0.25, 0.3) is 5.91 Å². The molecule has 0 atom stereocenters. The van der Waals surface area contributed by atoms with Gasteiger partial charge in [0, 0.05) is 24.2 Å². The largest absolute Gasteiger partial charge is 0.383 e. The van der Waals surface area contributed by atoms with Crippen LogP contribution < -0.4 is 11.1 Å². The maximum atomic E-state index is 12.4. The van der Waals surface area contributed by atoms with Crippen molar-refractivity contribution < 1.29 is 9.53 Å². The summed E-state index contributed by atoms with van der Waals surface area (Å²) in [5.41, 5.74) is 6.43. The van der Waals surface area contributed by atoms with Gasteiger partial charge in [0.1, 0.15) is 5.82 Å². The number of rotatable bonds is 4. The molecule has 0 saturated heterocycles. The van der Waals surface area contributed by atoms with Crippen molar-refractivity contribution in [3.8, 4) is 0 Å². The molecule has 3 N–H and O–H groups in total. The van der Waals surface area contributed by atoms with Crippen LogP contribution >= 0.6 is 0 Å². The summed E-state index contributed by atoms with van der Waals surface area (Å²) in [6, 6.07) is 7.74. The molecule has 0 aliphatic heterocycles. The molecule has 0 spiro atoms. The molecule has 0 radical (unpaired) electrons. The summed E-state index contributed by atoms with van der Waals surface area (Å²) in [4.78, 5) is 16.5. The van der Waals surface area contributed by atoms with Crippen molar-refractivity contribution in [2.24, 2.45) is 0 Å². The van der Waals surface area contributed by atoms with Crippen LogP contribution in [-0.4, -0.2) is 29.6 Å².